The van der Waals surface area contributed by atoms with Crippen LogP contribution in [0.2, 0.25) is 10.0 Å². The number of hydrogen-bond donors (Lipinski definition) is 1. The summed E-state index contributed by atoms with van der Waals surface area (Å²) < 4.78 is 25.3. The second-order valence-corrected chi connectivity index (χ2v) is 9.06. The number of nitrogens with one attached hydrogen (secondary N) is 1. The summed E-state index contributed by atoms with van der Waals surface area (Å²) in [5.74, 6) is -0.427. The van der Waals surface area contributed by atoms with Crippen molar-refractivity contribution in [3.63, 3.8) is 0 Å². The smallest absolute Gasteiger partial charge is 0.241 e. The van der Waals surface area contributed by atoms with E-state index >= 15 is 0 Å². The van der Waals surface area contributed by atoms with Gasteiger partial charge in [-0.2, -0.15) is 0 Å². The van der Waals surface area contributed by atoms with Crippen molar-refractivity contribution in [3.05, 3.63) is 63.6 Å². The Morgan fingerprint density at radius 3 is 2.15 bits per heavy atom. The highest BCUT2D eigenvalue weighted by atomic mass is 35.5. The molecule has 27 heavy (non-hydrogen) atoms. The number of benzene rings is 2. The van der Waals surface area contributed by atoms with Gasteiger partial charge in [0, 0.05) is 10.0 Å². The molecule has 2 rings (SSSR count). The summed E-state index contributed by atoms with van der Waals surface area (Å²) >= 11 is 11.9. The molecule has 0 saturated heterocycles. The first-order valence-corrected chi connectivity index (χ1v) is 11.0. The first kappa shape index (κ1) is 21.5. The van der Waals surface area contributed by atoms with Gasteiger partial charge in [-0.25, -0.2) is 8.42 Å². The summed E-state index contributed by atoms with van der Waals surface area (Å²) in [6.07, 6.45) is 1.97. The minimum Gasteiger partial charge on any atom is -0.348 e. The van der Waals surface area contributed by atoms with Crippen molar-refractivity contribution in [2.75, 3.05) is 17.1 Å². The van der Waals surface area contributed by atoms with Crippen LogP contribution in [-0.2, 0) is 21.2 Å². The van der Waals surface area contributed by atoms with E-state index < -0.39 is 15.9 Å². The maximum absolute atomic E-state index is 12.5. The van der Waals surface area contributed by atoms with E-state index in [2.05, 4.69) is 12.2 Å². The zero-order valence-corrected chi connectivity index (χ0v) is 17.7. The lowest BCUT2D eigenvalue weighted by Gasteiger charge is -2.23. The number of carbonyl (C=O) groups excluding carboxylic acids is 1. The standard InChI is InChI=1S/C19H22Cl2N2O3S/c1-4-14-5-7-15(8-6-14)13(2)22-19(24)12-23(27(3,25)26)18-10-16(20)9-17(21)11-18/h5-11,13H,4,12H2,1-3H3,(H,22,24). The summed E-state index contributed by atoms with van der Waals surface area (Å²) in [6.45, 7) is 3.55. The van der Waals surface area contributed by atoms with Crippen molar-refractivity contribution >= 4 is 44.8 Å². The number of nitrogens with zero attached hydrogens (tertiary/aromatic N) is 1. The van der Waals surface area contributed by atoms with E-state index in [0.717, 1.165) is 22.5 Å². The van der Waals surface area contributed by atoms with Gasteiger partial charge in [0.05, 0.1) is 18.0 Å². The van der Waals surface area contributed by atoms with Crippen LogP contribution in [-0.4, -0.2) is 27.1 Å². The second kappa shape index (κ2) is 8.95. The van der Waals surface area contributed by atoms with Gasteiger partial charge in [0.15, 0.2) is 0 Å². The zero-order valence-electron chi connectivity index (χ0n) is 15.4. The van der Waals surface area contributed by atoms with Gasteiger partial charge in [0.25, 0.3) is 0 Å². The third-order valence-corrected chi connectivity index (χ3v) is 5.67. The van der Waals surface area contributed by atoms with Gasteiger partial charge in [-0.15, -0.1) is 0 Å². The first-order chi connectivity index (χ1) is 12.6. The molecule has 8 heteroatoms. The quantitative estimate of drug-likeness (QED) is 0.718. The van der Waals surface area contributed by atoms with Crippen LogP contribution in [0.1, 0.15) is 31.0 Å². The second-order valence-electron chi connectivity index (χ2n) is 6.28. The lowest BCUT2D eigenvalue weighted by atomic mass is 10.1. The molecular weight excluding hydrogens is 407 g/mol. The molecule has 0 aliphatic rings. The minimum atomic E-state index is -3.70. The van der Waals surface area contributed by atoms with Gasteiger partial charge >= 0.3 is 0 Å². The van der Waals surface area contributed by atoms with Crippen LogP contribution in [0.5, 0.6) is 0 Å². The number of sulfonamides is 1. The summed E-state index contributed by atoms with van der Waals surface area (Å²) in [5, 5.41) is 3.40. The molecule has 0 heterocycles. The topological polar surface area (TPSA) is 66.5 Å². The van der Waals surface area contributed by atoms with E-state index in [9.17, 15) is 13.2 Å². The molecule has 5 nitrogen and oxygen atoms in total. The Hall–Kier alpha value is -1.76. The predicted octanol–water partition coefficient (Wildman–Crippen LogP) is 4.20. The van der Waals surface area contributed by atoms with E-state index in [1.807, 2.05) is 31.2 Å². The fourth-order valence-electron chi connectivity index (χ4n) is 2.63. The molecule has 2 aromatic rings. The average Bonchev–Trinajstić information content (AvgIpc) is 2.57. The lowest BCUT2D eigenvalue weighted by Crippen LogP contribution is -2.41. The van der Waals surface area contributed by atoms with Gasteiger partial charge < -0.3 is 5.32 Å². The number of halogens is 2. The van der Waals surface area contributed by atoms with Gasteiger partial charge in [0.1, 0.15) is 6.54 Å². The maximum atomic E-state index is 12.5. The average molecular weight is 429 g/mol. The van der Waals surface area contributed by atoms with Gasteiger partial charge in [-0.3, -0.25) is 9.10 Å². The highest BCUT2D eigenvalue weighted by molar-refractivity contribution is 7.92. The number of aryl methyl sites for hydroxylation is 1. The van der Waals surface area contributed by atoms with Crippen LogP contribution in [0.15, 0.2) is 42.5 Å². The van der Waals surface area contributed by atoms with Crippen LogP contribution in [0.3, 0.4) is 0 Å². The highest BCUT2D eigenvalue weighted by Gasteiger charge is 2.22. The van der Waals surface area contributed by atoms with Crippen molar-refractivity contribution in [3.8, 4) is 0 Å². The third-order valence-electron chi connectivity index (χ3n) is 4.09. The Morgan fingerprint density at radius 2 is 1.67 bits per heavy atom. The van der Waals surface area contributed by atoms with Crippen molar-refractivity contribution in [2.45, 2.75) is 26.3 Å². The molecule has 0 saturated carbocycles. The molecule has 0 bridgehead atoms. The number of amides is 1. The molecule has 0 spiro atoms. The molecule has 2 aromatic carbocycles. The van der Waals surface area contributed by atoms with E-state index in [-0.39, 0.29) is 28.3 Å². The van der Waals surface area contributed by atoms with E-state index in [0.29, 0.717) is 0 Å². The Labute approximate surface area is 170 Å². The molecule has 1 amide bonds. The monoisotopic (exact) mass is 428 g/mol. The Balaban J connectivity index is 2.16. The van der Waals surface area contributed by atoms with Crippen LogP contribution in [0.4, 0.5) is 5.69 Å². The number of anilines is 1. The fourth-order valence-corrected chi connectivity index (χ4v) is 3.98. The summed E-state index contributed by atoms with van der Waals surface area (Å²) in [5.41, 5.74) is 2.39. The lowest BCUT2D eigenvalue weighted by molar-refractivity contribution is -0.120. The molecule has 0 aliphatic carbocycles. The van der Waals surface area contributed by atoms with Crippen LogP contribution in [0.25, 0.3) is 0 Å². The highest BCUT2D eigenvalue weighted by Crippen LogP contribution is 2.27. The van der Waals surface area contributed by atoms with E-state index in [4.69, 9.17) is 23.2 Å². The number of hydrogen-bond acceptors (Lipinski definition) is 3. The molecule has 1 unspecified atom stereocenters. The molecule has 1 atom stereocenters. The Kier molecular flexibility index (Phi) is 7.14. The van der Waals surface area contributed by atoms with Crippen molar-refractivity contribution in [1.29, 1.82) is 0 Å². The summed E-state index contributed by atoms with van der Waals surface area (Å²) in [7, 11) is -3.70. The van der Waals surface area contributed by atoms with Gasteiger partial charge in [-0.05, 0) is 42.7 Å². The van der Waals surface area contributed by atoms with Crippen LogP contribution < -0.4 is 9.62 Å². The molecular formula is C19H22Cl2N2O3S. The summed E-state index contributed by atoms with van der Waals surface area (Å²) in [6, 6.07) is 12.1. The van der Waals surface area contributed by atoms with Crippen LogP contribution >= 0.6 is 23.2 Å². The largest absolute Gasteiger partial charge is 0.348 e. The number of rotatable bonds is 7. The van der Waals surface area contributed by atoms with Crippen molar-refractivity contribution in [2.24, 2.45) is 0 Å². The SMILES string of the molecule is CCc1ccc(C(C)NC(=O)CN(c2cc(Cl)cc(Cl)c2)S(C)(=O)=O)cc1. The predicted molar refractivity (Wildman–Crippen MR) is 111 cm³/mol. The van der Waals surface area contributed by atoms with E-state index in [1.54, 1.807) is 0 Å². The molecule has 146 valence electrons. The first-order valence-electron chi connectivity index (χ1n) is 8.42. The Bertz CT molecular complexity index is 895. The Morgan fingerprint density at radius 1 is 1.11 bits per heavy atom. The molecule has 0 aromatic heterocycles. The maximum Gasteiger partial charge on any atom is 0.241 e. The van der Waals surface area contributed by atoms with Crippen molar-refractivity contribution < 1.29 is 13.2 Å². The van der Waals surface area contributed by atoms with E-state index in [1.165, 1.54) is 23.8 Å². The van der Waals surface area contributed by atoms with Gasteiger partial charge in [0.2, 0.25) is 15.9 Å². The zero-order chi connectivity index (χ0) is 20.2. The molecule has 1 N–H and O–H groups in total. The number of carbonyl (C=O) groups is 1. The summed E-state index contributed by atoms with van der Waals surface area (Å²) in [4.78, 5) is 12.5. The third kappa shape index (κ3) is 6.13. The normalized spacial score (nSPS) is 12.5. The van der Waals surface area contributed by atoms with Crippen molar-refractivity contribution in [1.82, 2.24) is 5.32 Å². The molecule has 0 fully saturated rings. The fraction of sp³-hybridized carbons (Fsp3) is 0.316. The van der Waals surface area contributed by atoms with Crippen LogP contribution in [0, 0.1) is 0 Å². The van der Waals surface area contributed by atoms with Gasteiger partial charge in [-0.1, -0.05) is 54.4 Å². The molecule has 0 aliphatic heterocycles. The minimum absolute atomic E-state index is 0.241. The molecule has 0 radical (unpaired) electrons.